The summed E-state index contributed by atoms with van der Waals surface area (Å²) >= 11 is 1.39. The first-order valence-corrected chi connectivity index (χ1v) is 11.8. The third-order valence-electron chi connectivity index (χ3n) is 5.52. The highest BCUT2D eigenvalue weighted by molar-refractivity contribution is 7.99. The molecule has 31 heavy (non-hydrogen) atoms. The van der Waals surface area contributed by atoms with E-state index >= 15 is 0 Å². The van der Waals surface area contributed by atoms with Crippen LogP contribution < -0.4 is 10.2 Å². The predicted molar refractivity (Wildman–Crippen MR) is 126 cm³/mol. The Hall–Kier alpha value is -2.86. The van der Waals surface area contributed by atoms with Gasteiger partial charge in [-0.05, 0) is 48.9 Å². The highest BCUT2D eigenvalue weighted by atomic mass is 32.2. The van der Waals surface area contributed by atoms with Crippen LogP contribution in [-0.2, 0) is 24.2 Å². The lowest BCUT2D eigenvalue weighted by atomic mass is 10.00. The summed E-state index contributed by atoms with van der Waals surface area (Å²) in [7, 11) is 0. The third kappa shape index (κ3) is 6.07. The fourth-order valence-electron chi connectivity index (χ4n) is 3.82. The van der Waals surface area contributed by atoms with Gasteiger partial charge in [-0.3, -0.25) is 4.79 Å². The standard InChI is InChI=1S/C25H28N4OS/c1-19(11-12-20-7-3-2-4-8-20)27-24(30)18-31-25-26-15-13-23(28-25)29-16-14-21-9-5-6-10-22(21)17-29/h2-10,13,15,19H,11-12,14,16-18H2,1H3,(H,27,30). The Bertz CT molecular complexity index is 1010. The van der Waals surface area contributed by atoms with Crippen LogP contribution in [0, 0.1) is 0 Å². The van der Waals surface area contributed by atoms with E-state index in [1.165, 1.54) is 28.5 Å². The highest BCUT2D eigenvalue weighted by Gasteiger charge is 2.18. The molecule has 0 spiro atoms. The molecule has 3 aromatic rings. The van der Waals surface area contributed by atoms with Gasteiger partial charge in [0.2, 0.25) is 5.91 Å². The Morgan fingerprint density at radius 1 is 1.10 bits per heavy atom. The average Bonchev–Trinajstić information content (AvgIpc) is 2.82. The van der Waals surface area contributed by atoms with E-state index in [4.69, 9.17) is 4.98 Å². The molecule has 1 aliphatic heterocycles. The summed E-state index contributed by atoms with van der Waals surface area (Å²) in [5.41, 5.74) is 4.06. The molecule has 2 aromatic carbocycles. The molecule has 1 aromatic heterocycles. The summed E-state index contributed by atoms with van der Waals surface area (Å²) in [6.07, 6.45) is 4.68. The SMILES string of the molecule is CC(CCc1ccccc1)NC(=O)CSc1nccc(N2CCc3ccccc3C2)n1. The molecule has 4 rings (SSSR count). The van der Waals surface area contributed by atoms with Crippen LogP contribution >= 0.6 is 11.8 Å². The molecule has 1 atom stereocenters. The van der Waals surface area contributed by atoms with E-state index in [-0.39, 0.29) is 11.9 Å². The fraction of sp³-hybridized carbons (Fsp3) is 0.320. The third-order valence-corrected chi connectivity index (χ3v) is 6.38. The van der Waals surface area contributed by atoms with Crippen molar-refractivity contribution in [3.05, 3.63) is 83.6 Å². The Kier molecular flexibility index (Phi) is 7.20. The van der Waals surface area contributed by atoms with Gasteiger partial charge >= 0.3 is 0 Å². The van der Waals surface area contributed by atoms with Gasteiger partial charge in [0.25, 0.3) is 0 Å². The van der Waals surface area contributed by atoms with Crippen molar-refractivity contribution in [1.29, 1.82) is 0 Å². The van der Waals surface area contributed by atoms with Gasteiger partial charge in [0.1, 0.15) is 5.82 Å². The number of fused-ring (bicyclic) bond motifs is 1. The molecule has 160 valence electrons. The van der Waals surface area contributed by atoms with Crippen LogP contribution in [0.4, 0.5) is 5.82 Å². The van der Waals surface area contributed by atoms with Crippen LogP contribution in [0.15, 0.2) is 72.0 Å². The first kappa shape index (κ1) is 21.4. The average molecular weight is 433 g/mol. The van der Waals surface area contributed by atoms with Crippen molar-refractivity contribution in [3.63, 3.8) is 0 Å². The number of nitrogens with zero attached hydrogens (tertiary/aromatic N) is 3. The molecule has 5 nitrogen and oxygen atoms in total. The van der Waals surface area contributed by atoms with Crippen LogP contribution in [0.1, 0.15) is 30.0 Å². The lowest BCUT2D eigenvalue weighted by Gasteiger charge is -2.29. The van der Waals surface area contributed by atoms with Gasteiger partial charge in [0, 0.05) is 25.3 Å². The number of aryl methyl sites for hydroxylation is 1. The van der Waals surface area contributed by atoms with Crippen molar-refractivity contribution in [2.45, 2.75) is 43.9 Å². The van der Waals surface area contributed by atoms with Crippen molar-refractivity contribution in [2.75, 3.05) is 17.2 Å². The number of rotatable bonds is 8. The molecular weight excluding hydrogens is 404 g/mol. The summed E-state index contributed by atoms with van der Waals surface area (Å²) < 4.78 is 0. The summed E-state index contributed by atoms with van der Waals surface area (Å²) in [6.45, 7) is 3.85. The number of hydrogen-bond donors (Lipinski definition) is 1. The number of carbonyl (C=O) groups excluding carboxylic acids is 1. The van der Waals surface area contributed by atoms with Crippen molar-refractivity contribution in [3.8, 4) is 0 Å². The number of nitrogens with one attached hydrogen (secondary N) is 1. The summed E-state index contributed by atoms with van der Waals surface area (Å²) in [6, 6.07) is 21.0. The molecule has 0 radical (unpaired) electrons. The molecule has 1 unspecified atom stereocenters. The van der Waals surface area contributed by atoms with Crippen LogP contribution in [0.25, 0.3) is 0 Å². The van der Waals surface area contributed by atoms with E-state index in [9.17, 15) is 4.79 Å². The van der Waals surface area contributed by atoms with Crippen LogP contribution in [0.2, 0.25) is 0 Å². The molecule has 6 heteroatoms. The lowest BCUT2D eigenvalue weighted by molar-refractivity contribution is -0.119. The number of carbonyl (C=O) groups is 1. The minimum atomic E-state index is 0.0199. The summed E-state index contributed by atoms with van der Waals surface area (Å²) in [5.74, 6) is 1.26. The Morgan fingerprint density at radius 2 is 1.87 bits per heavy atom. The topological polar surface area (TPSA) is 58.1 Å². The van der Waals surface area contributed by atoms with Crippen molar-refractivity contribution >= 4 is 23.5 Å². The van der Waals surface area contributed by atoms with E-state index in [1.807, 2.05) is 24.3 Å². The molecule has 0 fully saturated rings. The zero-order valence-electron chi connectivity index (χ0n) is 17.8. The second kappa shape index (κ2) is 10.4. The Morgan fingerprint density at radius 3 is 2.71 bits per heavy atom. The monoisotopic (exact) mass is 432 g/mol. The molecule has 0 aliphatic carbocycles. The first-order chi connectivity index (χ1) is 15.2. The van der Waals surface area contributed by atoms with Gasteiger partial charge in [-0.1, -0.05) is 66.4 Å². The number of aromatic nitrogens is 2. The second-order valence-corrected chi connectivity index (χ2v) is 8.86. The largest absolute Gasteiger partial charge is 0.353 e. The van der Waals surface area contributed by atoms with Gasteiger partial charge in [-0.2, -0.15) is 0 Å². The van der Waals surface area contributed by atoms with Crippen molar-refractivity contribution < 1.29 is 4.79 Å². The maximum Gasteiger partial charge on any atom is 0.230 e. The second-order valence-electron chi connectivity index (χ2n) is 7.92. The number of hydrogen-bond acceptors (Lipinski definition) is 5. The van der Waals surface area contributed by atoms with Gasteiger partial charge in [0.05, 0.1) is 5.75 Å². The maximum atomic E-state index is 12.4. The number of benzene rings is 2. The van der Waals surface area contributed by atoms with Gasteiger partial charge in [-0.25, -0.2) is 9.97 Å². The molecule has 0 saturated heterocycles. The minimum absolute atomic E-state index is 0.0199. The zero-order valence-corrected chi connectivity index (χ0v) is 18.6. The van der Waals surface area contributed by atoms with Crippen LogP contribution in [-0.4, -0.2) is 34.2 Å². The number of anilines is 1. The number of thioether (sulfide) groups is 1. The van der Waals surface area contributed by atoms with E-state index in [0.717, 1.165) is 38.2 Å². The normalized spacial score (nSPS) is 14.0. The van der Waals surface area contributed by atoms with Gasteiger partial charge in [0.15, 0.2) is 5.16 Å². The van der Waals surface area contributed by atoms with E-state index in [2.05, 4.69) is 58.5 Å². The van der Waals surface area contributed by atoms with Crippen LogP contribution in [0.3, 0.4) is 0 Å². The lowest BCUT2D eigenvalue weighted by Crippen LogP contribution is -2.34. The van der Waals surface area contributed by atoms with Gasteiger partial charge < -0.3 is 10.2 Å². The Balaban J connectivity index is 1.26. The molecule has 1 aliphatic rings. The molecule has 0 bridgehead atoms. The first-order valence-electron chi connectivity index (χ1n) is 10.8. The van der Waals surface area contributed by atoms with E-state index < -0.39 is 0 Å². The highest BCUT2D eigenvalue weighted by Crippen LogP contribution is 2.24. The quantitative estimate of drug-likeness (QED) is 0.426. The molecule has 2 heterocycles. The fourth-order valence-corrected chi connectivity index (χ4v) is 4.45. The smallest absolute Gasteiger partial charge is 0.230 e. The minimum Gasteiger partial charge on any atom is -0.353 e. The van der Waals surface area contributed by atoms with E-state index in [1.54, 1.807) is 6.20 Å². The summed E-state index contributed by atoms with van der Waals surface area (Å²) in [4.78, 5) is 23.7. The Labute approximate surface area is 188 Å². The summed E-state index contributed by atoms with van der Waals surface area (Å²) in [5, 5.41) is 3.73. The van der Waals surface area contributed by atoms with Crippen molar-refractivity contribution in [2.24, 2.45) is 0 Å². The van der Waals surface area contributed by atoms with Crippen molar-refractivity contribution in [1.82, 2.24) is 15.3 Å². The predicted octanol–water partition coefficient (Wildman–Crippen LogP) is 4.27. The zero-order chi connectivity index (χ0) is 21.5. The van der Waals surface area contributed by atoms with E-state index in [0.29, 0.717) is 10.9 Å². The van der Waals surface area contributed by atoms with Gasteiger partial charge in [-0.15, -0.1) is 0 Å². The molecular formula is C25H28N4OS. The maximum absolute atomic E-state index is 12.4. The number of amides is 1. The molecule has 1 N–H and O–H groups in total. The molecule has 0 saturated carbocycles. The molecule has 1 amide bonds. The van der Waals surface area contributed by atoms with Crippen LogP contribution in [0.5, 0.6) is 0 Å².